The van der Waals surface area contributed by atoms with Crippen LogP contribution in [0, 0.1) is 23.3 Å². The summed E-state index contributed by atoms with van der Waals surface area (Å²) in [6.07, 6.45) is -5.10. The molecule has 2 rings (SSSR count). The standard InChI is InChI=1S/C15H7F7O2/c1-24-14-9(17)5-3-7(15(20,21)22)10(14)13(23)6-2-4-8(16)12(19)11(6)18/h2-5H,1H3. The number of rotatable bonds is 3. The molecule has 0 amide bonds. The van der Waals surface area contributed by atoms with Gasteiger partial charge in [0, 0.05) is 0 Å². The largest absolute Gasteiger partial charge is 0.493 e. The average molecular weight is 352 g/mol. The Balaban J connectivity index is 2.78. The van der Waals surface area contributed by atoms with E-state index in [2.05, 4.69) is 4.74 Å². The molecule has 0 aliphatic carbocycles. The molecule has 2 nitrogen and oxygen atoms in total. The topological polar surface area (TPSA) is 26.3 Å². The minimum absolute atomic E-state index is 0.267. The first-order valence-corrected chi connectivity index (χ1v) is 6.21. The molecule has 0 heterocycles. The van der Waals surface area contributed by atoms with Crippen LogP contribution in [0.2, 0.25) is 0 Å². The molecule has 0 N–H and O–H groups in total. The molecule has 0 atom stereocenters. The fourth-order valence-electron chi connectivity index (χ4n) is 2.05. The predicted molar refractivity (Wildman–Crippen MR) is 67.7 cm³/mol. The van der Waals surface area contributed by atoms with Crippen molar-refractivity contribution in [1.82, 2.24) is 0 Å². The van der Waals surface area contributed by atoms with Gasteiger partial charge in [-0.25, -0.2) is 17.6 Å². The van der Waals surface area contributed by atoms with Crippen LogP contribution in [0.1, 0.15) is 21.5 Å². The molecule has 0 bridgehead atoms. The van der Waals surface area contributed by atoms with Gasteiger partial charge in [0.2, 0.25) is 5.78 Å². The molecular formula is C15H7F7O2. The van der Waals surface area contributed by atoms with Gasteiger partial charge in [0.15, 0.2) is 29.0 Å². The third kappa shape index (κ3) is 2.93. The van der Waals surface area contributed by atoms with Gasteiger partial charge in [0.25, 0.3) is 0 Å². The quantitative estimate of drug-likeness (QED) is 0.462. The molecule has 0 unspecified atom stereocenters. The number of hydrogen-bond acceptors (Lipinski definition) is 2. The highest BCUT2D eigenvalue weighted by molar-refractivity contribution is 6.12. The summed E-state index contributed by atoms with van der Waals surface area (Å²) in [5, 5.41) is 0. The second-order valence-corrected chi connectivity index (χ2v) is 4.55. The van der Waals surface area contributed by atoms with Crippen LogP contribution in [0.3, 0.4) is 0 Å². The molecule has 24 heavy (non-hydrogen) atoms. The first-order valence-electron chi connectivity index (χ1n) is 6.21. The monoisotopic (exact) mass is 352 g/mol. The summed E-state index contributed by atoms with van der Waals surface area (Å²) in [6, 6.07) is 1.51. The van der Waals surface area contributed by atoms with Crippen molar-refractivity contribution < 1.29 is 40.3 Å². The van der Waals surface area contributed by atoms with Crippen LogP contribution in [0.4, 0.5) is 30.7 Å². The van der Waals surface area contributed by atoms with E-state index in [0.29, 0.717) is 18.2 Å². The van der Waals surface area contributed by atoms with E-state index in [1.807, 2.05) is 0 Å². The van der Waals surface area contributed by atoms with E-state index in [-0.39, 0.29) is 6.07 Å². The van der Waals surface area contributed by atoms with E-state index in [1.165, 1.54) is 0 Å². The molecule has 2 aromatic rings. The van der Waals surface area contributed by atoms with Crippen molar-refractivity contribution in [2.24, 2.45) is 0 Å². The van der Waals surface area contributed by atoms with Crippen molar-refractivity contribution in [3.8, 4) is 5.75 Å². The predicted octanol–water partition coefficient (Wildman–Crippen LogP) is 4.50. The van der Waals surface area contributed by atoms with Gasteiger partial charge in [-0.2, -0.15) is 13.2 Å². The van der Waals surface area contributed by atoms with Gasteiger partial charge in [-0.15, -0.1) is 0 Å². The minimum Gasteiger partial charge on any atom is -0.493 e. The molecule has 0 aliphatic rings. The fourth-order valence-corrected chi connectivity index (χ4v) is 2.05. The Labute approximate surface area is 130 Å². The van der Waals surface area contributed by atoms with Crippen LogP contribution in [0.15, 0.2) is 24.3 Å². The number of methoxy groups -OCH3 is 1. The Bertz CT molecular complexity index is 812. The molecule has 2 aromatic carbocycles. The number of ether oxygens (including phenoxy) is 1. The van der Waals surface area contributed by atoms with Crippen molar-refractivity contribution in [2.75, 3.05) is 7.11 Å². The fraction of sp³-hybridized carbons (Fsp3) is 0.133. The number of ketones is 1. The van der Waals surface area contributed by atoms with Gasteiger partial charge < -0.3 is 4.74 Å². The number of hydrogen-bond donors (Lipinski definition) is 0. The van der Waals surface area contributed by atoms with Gasteiger partial charge in [-0.3, -0.25) is 4.79 Å². The van der Waals surface area contributed by atoms with E-state index in [4.69, 9.17) is 0 Å². The molecular weight excluding hydrogens is 345 g/mol. The Kier molecular flexibility index (Phi) is 4.54. The van der Waals surface area contributed by atoms with Crippen molar-refractivity contribution >= 4 is 5.78 Å². The van der Waals surface area contributed by atoms with Crippen molar-refractivity contribution in [2.45, 2.75) is 6.18 Å². The number of carbonyl (C=O) groups is 1. The SMILES string of the molecule is COc1c(F)ccc(C(F)(F)F)c1C(=O)c1ccc(F)c(F)c1F. The molecule has 128 valence electrons. The minimum atomic E-state index is -5.10. The summed E-state index contributed by atoms with van der Waals surface area (Å²) < 4.78 is 97.2. The number of benzene rings is 2. The van der Waals surface area contributed by atoms with Crippen molar-refractivity contribution in [3.63, 3.8) is 0 Å². The highest BCUT2D eigenvalue weighted by atomic mass is 19.4. The molecule has 9 heteroatoms. The van der Waals surface area contributed by atoms with E-state index < -0.39 is 57.7 Å². The lowest BCUT2D eigenvalue weighted by Crippen LogP contribution is -2.17. The average Bonchev–Trinajstić information content (AvgIpc) is 2.50. The van der Waals surface area contributed by atoms with E-state index in [9.17, 15) is 35.5 Å². The molecule has 0 aliphatic heterocycles. The van der Waals surface area contributed by atoms with Crippen LogP contribution in [-0.2, 0) is 6.18 Å². The third-order valence-corrected chi connectivity index (χ3v) is 3.13. The van der Waals surface area contributed by atoms with Gasteiger partial charge in [0.05, 0.1) is 23.8 Å². The van der Waals surface area contributed by atoms with Gasteiger partial charge >= 0.3 is 6.18 Å². The van der Waals surface area contributed by atoms with Gasteiger partial charge in [-0.05, 0) is 24.3 Å². The number of halogens is 7. The third-order valence-electron chi connectivity index (χ3n) is 3.13. The van der Waals surface area contributed by atoms with Crippen LogP contribution in [0.25, 0.3) is 0 Å². The maximum atomic E-state index is 13.7. The summed E-state index contributed by atoms with van der Waals surface area (Å²) in [6.45, 7) is 0. The summed E-state index contributed by atoms with van der Waals surface area (Å²) >= 11 is 0. The first-order chi connectivity index (χ1) is 11.1. The smallest absolute Gasteiger partial charge is 0.417 e. The Morgan fingerprint density at radius 1 is 0.917 bits per heavy atom. The van der Waals surface area contributed by atoms with Crippen molar-refractivity contribution in [1.29, 1.82) is 0 Å². The maximum absolute atomic E-state index is 13.7. The highest BCUT2D eigenvalue weighted by Crippen LogP contribution is 2.39. The summed E-state index contributed by atoms with van der Waals surface area (Å²) in [4.78, 5) is 12.3. The Morgan fingerprint density at radius 3 is 2.04 bits per heavy atom. The second-order valence-electron chi connectivity index (χ2n) is 4.55. The Hall–Kier alpha value is -2.58. The zero-order valence-electron chi connectivity index (χ0n) is 11.8. The molecule has 0 saturated heterocycles. The van der Waals surface area contributed by atoms with Crippen LogP contribution in [0.5, 0.6) is 5.75 Å². The number of alkyl halides is 3. The zero-order chi connectivity index (χ0) is 18.2. The highest BCUT2D eigenvalue weighted by Gasteiger charge is 2.39. The van der Waals surface area contributed by atoms with Crippen LogP contribution in [-0.4, -0.2) is 12.9 Å². The lowest BCUT2D eigenvalue weighted by Gasteiger charge is -2.16. The van der Waals surface area contributed by atoms with E-state index in [0.717, 1.165) is 7.11 Å². The van der Waals surface area contributed by atoms with Crippen molar-refractivity contribution in [3.05, 3.63) is 64.2 Å². The zero-order valence-corrected chi connectivity index (χ0v) is 11.8. The number of carbonyl (C=O) groups excluding carboxylic acids is 1. The second kappa shape index (κ2) is 6.14. The normalized spacial score (nSPS) is 11.5. The molecule has 0 radical (unpaired) electrons. The Morgan fingerprint density at radius 2 is 1.50 bits per heavy atom. The summed E-state index contributed by atoms with van der Waals surface area (Å²) in [5.74, 6) is -9.75. The van der Waals surface area contributed by atoms with E-state index in [1.54, 1.807) is 0 Å². The van der Waals surface area contributed by atoms with E-state index >= 15 is 0 Å². The van der Waals surface area contributed by atoms with Crippen LogP contribution < -0.4 is 4.74 Å². The summed E-state index contributed by atoms with van der Waals surface area (Å²) in [7, 11) is 0.803. The molecule has 0 aromatic heterocycles. The molecule has 0 spiro atoms. The summed E-state index contributed by atoms with van der Waals surface area (Å²) in [5.41, 5.74) is -4.13. The lowest BCUT2D eigenvalue weighted by molar-refractivity contribution is -0.138. The van der Waals surface area contributed by atoms with Crippen LogP contribution >= 0.6 is 0 Å². The van der Waals surface area contributed by atoms with Gasteiger partial charge in [-0.1, -0.05) is 0 Å². The first kappa shape index (κ1) is 17.8. The maximum Gasteiger partial charge on any atom is 0.417 e. The lowest BCUT2D eigenvalue weighted by atomic mass is 9.96. The van der Waals surface area contributed by atoms with Gasteiger partial charge in [0.1, 0.15) is 0 Å². The molecule has 0 fully saturated rings. The molecule has 0 saturated carbocycles.